The number of hydrogen-bond acceptors (Lipinski definition) is 5. The molecule has 0 radical (unpaired) electrons. The molecule has 1 aromatic carbocycles. The molecule has 2 aromatic heterocycles. The minimum Gasteiger partial charge on any atom is -0.457 e. The summed E-state index contributed by atoms with van der Waals surface area (Å²) in [6.45, 7) is 2.03. The Balaban J connectivity index is 1.88. The molecule has 2 heterocycles. The first-order valence-electron chi connectivity index (χ1n) is 7.30. The molecule has 23 heavy (non-hydrogen) atoms. The zero-order chi connectivity index (χ0) is 16.2. The molecule has 0 atom stereocenters. The van der Waals surface area contributed by atoms with E-state index in [4.69, 9.17) is 9.15 Å². The molecule has 3 rings (SSSR count). The molecular weight excluding hydrogens is 294 g/mol. The zero-order valence-corrected chi connectivity index (χ0v) is 12.6. The zero-order valence-electron chi connectivity index (χ0n) is 12.6. The number of benzene rings is 1. The summed E-state index contributed by atoms with van der Waals surface area (Å²) < 4.78 is 10.5. The monoisotopic (exact) mass is 309 g/mol. The summed E-state index contributed by atoms with van der Waals surface area (Å²) >= 11 is 0. The molecule has 0 N–H and O–H groups in total. The second kappa shape index (κ2) is 6.44. The highest BCUT2D eigenvalue weighted by Gasteiger charge is 2.11. The third kappa shape index (κ3) is 3.29. The van der Waals surface area contributed by atoms with Gasteiger partial charge in [-0.3, -0.25) is 4.98 Å². The van der Waals surface area contributed by atoms with Gasteiger partial charge in [0.1, 0.15) is 12.2 Å². The first-order chi connectivity index (χ1) is 11.2. The minimum atomic E-state index is -0.482. The summed E-state index contributed by atoms with van der Waals surface area (Å²) in [7, 11) is 0. The largest absolute Gasteiger partial charge is 0.457 e. The smallest absolute Gasteiger partial charge is 0.340 e. The van der Waals surface area contributed by atoms with E-state index in [1.165, 1.54) is 12.3 Å². The lowest BCUT2D eigenvalue weighted by Gasteiger charge is -2.08. The van der Waals surface area contributed by atoms with Crippen LogP contribution in [0.5, 0.6) is 0 Å². The molecule has 0 amide bonds. The van der Waals surface area contributed by atoms with Crippen molar-refractivity contribution in [3.63, 3.8) is 0 Å². The number of carbonyl (C=O) groups is 1. The fourth-order valence-electron chi connectivity index (χ4n) is 2.32. The first-order valence-corrected chi connectivity index (χ1v) is 7.30. The molecule has 0 spiro atoms. The van der Waals surface area contributed by atoms with Crippen molar-refractivity contribution in [2.45, 2.75) is 20.0 Å². The van der Waals surface area contributed by atoms with Gasteiger partial charge in [-0.15, -0.1) is 0 Å². The van der Waals surface area contributed by atoms with Gasteiger partial charge in [-0.25, -0.2) is 9.59 Å². The Bertz CT molecular complexity index is 900. The van der Waals surface area contributed by atoms with E-state index in [0.717, 1.165) is 17.4 Å². The van der Waals surface area contributed by atoms with Crippen LogP contribution in [0, 0.1) is 0 Å². The number of carbonyl (C=O) groups excluding carboxylic acids is 1. The molecule has 0 aliphatic heterocycles. The van der Waals surface area contributed by atoms with Gasteiger partial charge in [0.25, 0.3) is 0 Å². The van der Waals surface area contributed by atoms with Crippen molar-refractivity contribution in [1.29, 1.82) is 0 Å². The Morgan fingerprint density at radius 3 is 2.87 bits per heavy atom. The van der Waals surface area contributed by atoms with Crippen LogP contribution in [0.25, 0.3) is 11.0 Å². The molecule has 3 aromatic rings. The van der Waals surface area contributed by atoms with Crippen molar-refractivity contribution in [2.75, 3.05) is 0 Å². The molecule has 0 aliphatic rings. The highest BCUT2D eigenvalue weighted by atomic mass is 16.5. The molecule has 5 heteroatoms. The molecule has 0 fully saturated rings. The second-order valence-electron chi connectivity index (χ2n) is 5.09. The minimum absolute atomic E-state index is 0.00129. The van der Waals surface area contributed by atoms with Crippen molar-refractivity contribution in [3.05, 3.63) is 75.9 Å². The second-order valence-corrected chi connectivity index (χ2v) is 5.09. The summed E-state index contributed by atoms with van der Waals surface area (Å²) in [6.07, 6.45) is 3.87. The third-order valence-corrected chi connectivity index (χ3v) is 3.56. The lowest BCUT2D eigenvalue weighted by atomic mass is 10.1. The average Bonchev–Trinajstić information content (AvgIpc) is 2.59. The summed E-state index contributed by atoms with van der Waals surface area (Å²) in [6, 6.07) is 10.3. The Kier molecular flexibility index (Phi) is 4.19. The number of esters is 1. The van der Waals surface area contributed by atoms with Gasteiger partial charge in [0, 0.05) is 29.4 Å². The fourth-order valence-corrected chi connectivity index (χ4v) is 2.32. The standard InChI is InChI=1S/C18H15NO4/c1-2-12-5-6-15-14(9-17(20)23-16(15)8-12)11-22-18(21)13-4-3-7-19-10-13/h3-10H,2,11H2,1H3. The number of rotatable bonds is 4. The number of hydrogen-bond donors (Lipinski definition) is 0. The van der Waals surface area contributed by atoms with Gasteiger partial charge in [-0.05, 0) is 30.2 Å². The van der Waals surface area contributed by atoms with Gasteiger partial charge < -0.3 is 9.15 Å². The number of ether oxygens (including phenoxy) is 1. The molecule has 116 valence electrons. The van der Waals surface area contributed by atoms with Crippen molar-refractivity contribution in [2.24, 2.45) is 0 Å². The molecular formula is C18H15NO4. The molecule has 5 nitrogen and oxygen atoms in total. The molecule has 0 aliphatic carbocycles. The van der Waals surface area contributed by atoms with Gasteiger partial charge in [0.05, 0.1) is 5.56 Å². The lowest BCUT2D eigenvalue weighted by Crippen LogP contribution is -2.08. The SMILES string of the molecule is CCc1ccc2c(COC(=O)c3cccnc3)cc(=O)oc2c1. The first kappa shape index (κ1) is 15.0. The Morgan fingerprint density at radius 1 is 1.26 bits per heavy atom. The number of pyridine rings is 1. The highest BCUT2D eigenvalue weighted by molar-refractivity contribution is 5.89. The normalized spacial score (nSPS) is 10.7. The van der Waals surface area contributed by atoms with Crippen LogP contribution in [0.4, 0.5) is 0 Å². The van der Waals surface area contributed by atoms with E-state index in [0.29, 0.717) is 16.7 Å². The fraction of sp³-hybridized carbons (Fsp3) is 0.167. The van der Waals surface area contributed by atoms with E-state index >= 15 is 0 Å². The van der Waals surface area contributed by atoms with Gasteiger partial charge >= 0.3 is 11.6 Å². The summed E-state index contributed by atoms with van der Waals surface area (Å²) in [5, 5.41) is 0.765. The van der Waals surface area contributed by atoms with Crippen LogP contribution in [-0.4, -0.2) is 11.0 Å². The predicted octanol–water partition coefficient (Wildman–Crippen LogP) is 3.11. The van der Waals surface area contributed by atoms with Gasteiger partial charge in [0.2, 0.25) is 0 Å². The van der Waals surface area contributed by atoms with Crippen molar-refractivity contribution in [3.8, 4) is 0 Å². The molecule has 0 unspecified atom stereocenters. The Labute approximate surface area is 132 Å². The predicted molar refractivity (Wildman–Crippen MR) is 85.2 cm³/mol. The summed E-state index contributed by atoms with van der Waals surface area (Å²) in [5.41, 5.74) is 2.11. The maximum Gasteiger partial charge on any atom is 0.340 e. The van der Waals surface area contributed by atoms with Crippen LogP contribution in [0.15, 0.2) is 58.0 Å². The van der Waals surface area contributed by atoms with Crippen LogP contribution in [-0.2, 0) is 17.8 Å². The summed E-state index contributed by atoms with van der Waals surface area (Å²) in [4.78, 5) is 27.6. The molecule has 0 bridgehead atoms. The van der Waals surface area contributed by atoms with Gasteiger partial charge in [-0.2, -0.15) is 0 Å². The van der Waals surface area contributed by atoms with Crippen LogP contribution >= 0.6 is 0 Å². The van der Waals surface area contributed by atoms with E-state index in [1.807, 2.05) is 25.1 Å². The Morgan fingerprint density at radius 2 is 2.13 bits per heavy atom. The number of nitrogens with zero attached hydrogens (tertiary/aromatic N) is 1. The van der Waals surface area contributed by atoms with E-state index in [9.17, 15) is 9.59 Å². The van der Waals surface area contributed by atoms with E-state index in [-0.39, 0.29) is 6.61 Å². The maximum atomic E-state index is 12.0. The van der Waals surface area contributed by atoms with Gasteiger partial charge in [0.15, 0.2) is 0 Å². The van der Waals surface area contributed by atoms with E-state index in [2.05, 4.69) is 4.98 Å². The van der Waals surface area contributed by atoms with E-state index < -0.39 is 11.6 Å². The number of aromatic nitrogens is 1. The number of fused-ring (bicyclic) bond motifs is 1. The third-order valence-electron chi connectivity index (χ3n) is 3.56. The Hall–Kier alpha value is -2.95. The lowest BCUT2D eigenvalue weighted by molar-refractivity contribution is 0.0473. The summed E-state index contributed by atoms with van der Waals surface area (Å²) in [5.74, 6) is -0.482. The quantitative estimate of drug-likeness (QED) is 0.547. The highest BCUT2D eigenvalue weighted by Crippen LogP contribution is 2.20. The average molecular weight is 309 g/mol. The van der Waals surface area contributed by atoms with Crippen LogP contribution in [0.3, 0.4) is 0 Å². The topological polar surface area (TPSA) is 69.4 Å². The van der Waals surface area contributed by atoms with Crippen molar-refractivity contribution >= 4 is 16.9 Å². The van der Waals surface area contributed by atoms with Crippen LogP contribution < -0.4 is 5.63 Å². The van der Waals surface area contributed by atoms with Crippen LogP contribution in [0.2, 0.25) is 0 Å². The molecule has 0 saturated heterocycles. The van der Waals surface area contributed by atoms with Crippen molar-refractivity contribution in [1.82, 2.24) is 4.98 Å². The van der Waals surface area contributed by atoms with Gasteiger partial charge in [-0.1, -0.05) is 19.1 Å². The molecule has 0 saturated carbocycles. The van der Waals surface area contributed by atoms with Crippen molar-refractivity contribution < 1.29 is 13.9 Å². The number of aryl methyl sites for hydroxylation is 1. The van der Waals surface area contributed by atoms with E-state index in [1.54, 1.807) is 18.3 Å². The maximum absolute atomic E-state index is 12.0. The van der Waals surface area contributed by atoms with Crippen LogP contribution in [0.1, 0.15) is 28.4 Å².